The van der Waals surface area contributed by atoms with E-state index in [9.17, 15) is 4.79 Å². The molecule has 3 rings (SSSR count). The van der Waals surface area contributed by atoms with Gasteiger partial charge < -0.3 is 4.90 Å². The monoisotopic (exact) mass is 313 g/mol. The number of aromatic nitrogens is 4. The second-order valence-corrected chi connectivity index (χ2v) is 6.40. The van der Waals surface area contributed by atoms with Crippen molar-refractivity contribution in [3.8, 4) is 0 Å². The lowest BCUT2D eigenvalue weighted by atomic mass is 9.97. The molecule has 2 aromatic heterocycles. The van der Waals surface area contributed by atoms with E-state index in [-0.39, 0.29) is 5.56 Å². The number of piperidine rings is 1. The molecule has 6 nitrogen and oxygen atoms in total. The Morgan fingerprint density at radius 2 is 1.74 bits per heavy atom. The highest BCUT2D eigenvalue weighted by molar-refractivity contribution is 5.30. The predicted molar refractivity (Wildman–Crippen MR) is 89.7 cm³/mol. The van der Waals surface area contributed by atoms with Gasteiger partial charge >= 0.3 is 0 Å². The highest BCUT2D eigenvalue weighted by Gasteiger charge is 2.21. The maximum atomic E-state index is 12.3. The van der Waals surface area contributed by atoms with E-state index < -0.39 is 0 Å². The Kier molecular flexibility index (Phi) is 4.41. The lowest BCUT2D eigenvalue weighted by Gasteiger charge is -2.32. The van der Waals surface area contributed by atoms with Gasteiger partial charge in [0.2, 0.25) is 5.95 Å². The highest BCUT2D eigenvalue weighted by Crippen LogP contribution is 2.21. The van der Waals surface area contributed by atoms with Crippen molar-refractivity contribution in [2.24, 2.45) is 5.92 Å². The van der Waals surface area contributed by atoms with E-state index in [0.29, 0.717) is 5.92 Å². The van der Waals surface area contributed by atoms with Gasteiger partial charge in [-0.2, -0.15) is 0 Å². The van der Waals surface area contributed by atoms with E-state index in [1.54, 1.807) is 10.9 Å². The molecule has 0 unspecified atom stereocenters. The number of hydrogen-bond donors (Lipinski definition) is 0. The zero-order valence-corrected chi connectivity index (χ0v) is 14.0. The molecule has 0 bridgehead atoms. The molecule has 0 aliphatic carbocycles. The van der Waals surface area contributed by atoms with Crippen LogP contribution in [0.3, 0.4) is 0 Å². The summed E-state index contributed by atoms with van der Waals surface area (Å²) >= 11 is 0. The van der Waals surface area contributed by atoms with Crippen molar-refractivity contribution in [1.29, 1.82) is 0 Å². The van der Waals surface area contributed by atoms with Crippen LogP contribution in [0.25, 0.3) is 0 Å². The van der Waals surface area contributed by atoms with E-state index >= 15 is 0 Å². The summed E-state index contributed by atoms with van der Waals surface area (Å²) in [7, 11) is 0. The fourth-order valence-corrected chi connectivity index (χ4v) is 2.95. The van der Waals surface area contributed by atoms with Gasteiger partial charge in [-0.05, 0) is 45.1 Å². The third-order valence-electron chi connectivity index (χ3n) is 4.63. The first-order valence-corrected chi connectivity index (χ1v) is 8.11. The summed E-state index contributed by atoms with van der Waals surface area (Å²) in [5.41, 5.74) is 2.72. The summed E-state index contributed by atoms with van der Waals surface area (Å²) in [4.78, 5) is 27.6. The first-order chi connectivity index (χ1) is 11.0. The summed E-state index contributed by atoms with van der Waals surface area (Å²) in [6, 6.07) is 0. The van der Waals surface area contributed by atoms with E-state index in [4.69, 9.17) is 0 Å². The van der Waals surface area contributed by atoms with Gasteiger partial charge in [0, 0.05) is 43.3 Å². The second kappa shape index (κ2) is 6.48. The standard InChI is InChI=1S/C17H23N5O/c1-12-8-18-17(19-9-12)21-6-4-15(5-7-21)10-22-11-20-14(3)13(2)16(22)23/h8-9,11,15H,4-7,10H2,1-3H3. The van der Waals surface area contributed by atoms with Gasteiger partial charge in [0.05, 0.1) is 6.33 Å². The fourth-order valence-electron chi connectivity index (χ4n) is 2.95. The van der Waals surface area contributed by atoms with E-state index in [0.717, 1.165) is 55.2 Å². The molecule has 1 fully saturated rings. The molecular formula is C17H23N5O. The van der Waals surface area contributed by atoms with Crippen molar-refractivity contribution in [2.45, 2.75) is 40.2 Å². The lowest BCUT2D eigenvalue weighted by molar-refractivity contribution is 0.348. The smallest absolute Gasteiger partial charge is 0.256 e. The average Bonchev–Trinajstić information content (AvgIpc) is 2.57. The molecule has 2 aromatic rings. The summed E-state index contributed by atoms with van der Waals surface area (Å²) in [6.07, 6.45) is 7.47. The van der Waals surface area contributed by atoms with Crippen molar-refractivity contribution in [3.63, 3.8) is 0 Å². The van der Waals surface area contributed by atoms with Crippen LogP contribution in [0.5, 0.6) is 0 Å². The Balaban J connectivity index is 1.62. The van der Waals surface area contributed by atoms with Crippen LogP contribution in [-0.2, 0) is 6.54 Å². The van der Waals surface area contributed by atoms with Crippen molar-refractivity contribution >= 4 is 5.95 Å². The van der Waals surface area contributed by atoms with Gasteiger partial charge in [-0.1, -0.05) is 0 Å². The summed E-state index contributed by atoms with van der Waals surface area (Å²) < 4.78 is 1.75. The van der Waals surface area contributed by atoms with Gasteiger partial charge in [-0.15, -0.1) is 0 Å². The van der Waals surface area contributed by atoms with Gasteiger partial charge in [0.1, 0.15) is 0 Å². The molecule has 23 heavy (non-hydrogen) atoms. The highest BCUT2D eigenvalue weighted by atomic mass is 16.1. The van der Waals surface area contributed by atoms with Crippen molar-refractivity contribution < 1.29 is 0 Å². The van der Waals surface area contributed by atoms with Gasteiger partial charge in [0.25, 0.3) is 5.56 Å². The van der Waals surface area contributed by atoms with Crippen molar-refractivity contribution in [2.75, 3.05) is 18.0 Å². The second-order valence-electron chi connectivity index (χ2n) is 6.40. The third kappa shape index (κ3) is 3.41. The molecule has 1 aliphatic rings. The van der Waals surface area contributed by atoms with E-state index in [1.165, 1.54) is 0 Å². The molecule has 0 N–H and O–H groups in total. The minimum Gasteiger partial charge on any atom is -0.341 e. The molecule has 0 atom stereocenters. The van der Waals surface area contributed by atoms with Crippen molar-refractivity contribution in [3.05, 3.63) is 45.9 Å². The molecule has 6 heteroatoms. The molecule has 0 saturated carbocycles. The van der Waals surface area contributed by atoms with Crippen LogP contribution in [-0.4, -0.2) is 32.6 Å². The maximum Gasteiger partial charge on any atom is 0.256 e. The normalized spacial score (nSPS) is 15.9. The molecular weight excluding hydrogens is 290 g/mol. The number of hydrogen-bond acceptors (Lipinski definition) is 5. The zero-order valence-electron chi connectivity index (χ0n) is 14.0. The first-order valence-electron chi connectivity index (χ1n) is 8.11. The van der Waals surface area contributed by atoms with E-state index in [2.05, 4.69) is 19.9 Å². The van der Waals surface area contributed by atoms with Gasteiger partial charge in [-0.25, -0.2) is 15.0 Å². The maximum absolute atomic E-state index is 12.3. The molecule has 3 heterocycles. The van der Waals surface area contributed by atoms with Gasteiger partial charge in [0.15, 0.2) is 0 Å². The van der Waals surface area contributed by atoms with Crippen LogP contribution >= 0.6 is 0 Å². The molecule has 1 saturated heterocycles. The lowest BCUT2D eigenvalue weighted by Crippen LogP contribution is -2.37. The number of rotatable bonds is 3. The first kappa shape index (κ1) is 15.6. The number of nitrogens with zero attached hydrogens (tertiary/aromatic N) is 5. The van der Waals surface area contributed by atoms with Crippen LogP contribution in [0.4, 0.5) is 5.95 Å². The summed E-state index contributed by atoms with van der Waals surface area (Å²) in [5.74, 6) is 1.30. The molecule has 0 amide bonds. The Labute approximate surface area is 136 Å². The molecule has 1 aliphatic heterocycles. The van der Waals surface area contributed by atoms with Crippen LogP contribution in [0.2, 0.25) is 0 Å². The minimum absolute atomic E-state index is 0.0850. The van der Waals surface area contributed by atoms with Crippen LogP contribution in [0.1, 0.15) is 29.7 Å². The predicted octanol–water partition coefficient (Wildman–Crippen LogP) is 1.88. The minimum atomic E-state index is 0.0850. The van der Waals surface area contributed by atoms with Crippen LogP contribution in [0, 0.1) is 26.7 Å². The Hall–Kier alpha value is -2.24. The number of anilines is 1. The third-order valence-corrected chi connectivity index (χ3v) is 4.63. The Morgan fingerprint density at radius 1 is 1.09 bits per heavy atom. The van der Waals surface area contributed by atoms with E-state index in [1.807, 2.05) is 33.2 Å². The largest absolute Gasteiger partial charge is 0.341 e. The topological polar surface area (TPSA) is 63.9 Å². The zero-order chi connectivity index (χ0) is 16.4. The van der Waals surface area contributed by atoms with Crippen LogP contribution in [0.15, 0.2) is 23.5 Å². The fraction of sp³-hybridized carbons (Fsp3) is 0.529. The molecule has 0 radical (unpaired) electrons. The van der Waals surface area contributed by atoms with Crippen molar-refractivity contribution in [1.82, 2.24) is 19.5 Å². The summed E-state index contributed by atoms with van der Waals surface area (Å²) in [5, 5.41) is 0. The molecule has 0 aromatic carbocycles. The Morgan fingerprint density at radius 3 is 2.39 bits per heavy atom. The SMILES string of the molecule is Cc1cnc(N2CCC(Cn3cnc(C)c(C)c3=O)CC2)nc1. The number of aryl methyl sites for hydroxylation is 2. The van der Waals surface area contributed by atoms with Gasteiger partial charge in [-0.3, -0.25) is 9.36 Å². The Bertz CT molecular complexity index is 730. The van der Waals surface area contributed by atoms with Crippen LogP contribution < -0.4 is 10.5 Å². The molecule has 122 valence electrons. The summed E-state index contributed by atoms with van der Waals surface area (Å²) in [6.45, 7) is 8.32. The average molecular weight is 313 g/mol. The molecule has 0 spiro atoms. The quantitative estimate of drug-likeness (QED) is 0.865.